The number of alkyl halides is 2. The molecule has 16 N–H and O–H groups in total. The topological polar surface area (TPSA) is 492 Å². The van der Waals surface area contributed by atoms with Crippen molar-refractivity contribution >= 4 is 48.5 Å². The number of aryl methyl sites for hydroxylation is 1. The maximum atomic E-state index is 14.5. The van der Waals surface area contributed by atoms with Gasteiger partial charge in [0.05, 0.1) is 84.3 Å². The van der Waals surface area contributed by atoms with Crippen LogP contribution in [0.3, 0.4) is 0 Å². The Balaban J connectivity index is 0.000000298. The van der Waals surface area contributed by atoms with Crippen molar-refractivity contribution in [3.05, 3.63) is 143 Å². The smallest absolute Gasteiger partial charge is 0.349 e. The van der Waals surface area contributed by atoms with Crippen molar-refractivity contribution < 1.29 is 99.5 Å². The van der Waals surface area contributed by atoms with E-state index < -0.39 is 67.9 Å². The molecule has 9 aliphatic rings. The third-order valence-corrected chi connectivity index (χ3v) is 19.4. The standard InChI is InChI=1S/C14H23N3O4.2C13H20FN3O3.C13H22N4O3.C13H23N3O4.C10H17N3O3.H2S/c1-8-5-17(9(2)16-13(8)15)14-12(20-4)10(6-18)11(21-14)7-19-3;3*1-7-5-17(8(2)16-12(7)15)13-10(14)11(19-4)9(20-13)6-18-3;1-9-5-16(10(2)15-13(9)14)12(6-17)20-11(7-18-3)8-19-4;1-7-4-13(10(14)12-9(7)11)5-8(16-3)6-15-2;/h5,10-12,14,18H,2,6-7H2,1,3-4H3,(H2,15,16);2*5,9-11,13H,2,6H2,1,3-4H3,(H2,15,16);5,9-11,13H,2,6,14H2,1,3-4H3,(H2,15,16);5,11-12,17H,2,6-8H2,1,3-4H3,(H2,14,15);4,8H,5-6H2,1-3H3,(H2,11,12,14);1H2/t10?,11-,12?,14-;3*9-,10?,11?,13-;12-;8-;/m111110./s1. The van der Waals surface area contributed by atoms with Crippen LogP contribution >= 0.6 is 13.5 Å². The molecule has 0 aromatic carbocycles. The first-order valence-electron chi connectivity index (χ1n) is 37.1. The van der Waals surface area contributed by atoms with Crippen molar-refractivity contribution in [3.63, 3.8) is 0 Å². The number of aliphatic hydroxyl groups excluding tert-OH is 2. The summed E-state index contributed by atoms with van der Waals surface area (Å²) in [5.41, 5.74) is 44.8. The molecule has 10 rings (SSSR count). The minimum Gasteiger partial charge on any atom is -0.396 e. The molecule has 0 aliphatic carbocycles. The van der Waals surface area contributed by atoms with Crippen LogP contribution in [0.25, 0.3) is 0 Å². The SMILES string of the molecule is C=C1N=C(N)C(C)=CN1[C@@H](CO)OC(COC)COC.C=C1N=C(N)C(C)=CN1[C@@H]1O[C@H](COC)C(CO)C1OC.C=C1N=C(N)C(C)=CN1[C@@H]1O[C@H](COC)C(OC)C1F.C=C1N=C(N)C(C)=CN1[C@@H]1O[C@H](COC)C(OC)C1F.C=C1N=C(N)C(C)=CN1[C@@H]1O[C@H](COC)C(OC)C1N.COC[C@H](Cn1cc(C)c(N)nc1=O)OC.S. The Bertz CT molecular complexity index is 3670. The fourth-order valence-electron chi connectivity index (χ4n) is 13.0. The minimum atomic E-state index is -1.34. The number of nitrogen functional groups attached to an aromatic ring is 1. The van der Waals surface area contributed by atoms with Gasteiger partial charge in [0.1, 0.15) is 113 Å². The second kappa shape index (κ2) is 49.5. The van der Waals surface area contributed by atoms with E-state index in [-0.39, 0.29) is 100 Å². The Morgan fingerprint density at radius 2 is 0.805 bits per heavy atom. The number of halogens is 2. The van der Waals surface area contributed by atoms with E-state index in [0.717, 1.165) is 33.4 Å². The van der Waals surface area contributed by atoms with Gasteiger partial charge in [-0.2, -0.15) is 18.5 Å². The number of nitrogens with two attached hydrogens (primary N) is 7. The first kappa shape index (κ1) is 102. The number of aliphatic imine (C=N–C) groups is 5. The second-order valence-electron chi connectivity index (χ2n) is 27.7. The zero-order valence-electron chi connectivity index (χ0n) is 70.9. The molecule has 0 radical (unpaired) electrons. The lowest BCUT2D eigenvalue weighted by molar-refractivity contribution is -0.131. The summed E-state index contributed by atoms with van der Waals surface area (Å²) in [6, 6.07) is -0.338. The Hall–Kier alpha value is -8.16. The molecule has 42 heteroatoms. The molecule has 666 valence electrons. The number of ether oxygens (including phenoxy) is 17. The van der Waals surface area contributed by atoms with E-state index >= 15 is 0 Å². The highest BCUT2D eigenvalue weighted by molar-refractivity contribution is 7.59. The maximum absolute atomic E-state index is 14.5. The highest BCUT2D eigenvalue weighted by Gasteiger charge is 2.52. The number of methoxy groups -OCH3 is 12. The largest absolute Gasteiger partial charge is 0.396 e. The van der Waals surface area contributed by atoms with Gasteiger partial charge in [-0.3, -0.25) is 4.57 Å². The lowest BCUT2D eigenvalue weighted by Crippen LogP contribution is -2.48. The molecule has 18 atom stereocenters. The fourth-order valence-corrected chi connectivity index (χ4v) is 13.0. The summed E-state index contributed by atoms with van der Waals surface area (Å²) in [6.07, 6.45) is 0.813. The van der Waals surface area contributed by atoms with Crippen LogP contribution in [0.15, 0.2) is 157 Å². The quantitative estimate of drug-likeness (QED) is 0.0523. The van der Waals surface area contributed by atoms with Gasteiger partial charge in [-0.05, 0) is 41.5 Å². The molecule has 1 aromatic heterocycles. The van der Waals surface area contributed by atoms with Gasteiger partial charge in [0, 0.05) is 162 Å². The van der Waals surface area contributed by atoms with Crippen LogP contribution in [0.2, 0.25) is 0 Å². The second-order valence-corrected chi connectivity index (χ2v) is 27.7. The first-order chi connectivity index (χ1) is 55.6. The Morgan fingerprint density at radius 3 is 1.17 bits per heavy atom. The van der Waals surface area contributed by atoms with Crippen molar-refractivity contribution in [2.45, 2.75) is 159 Å². The van der Waals surface area contributed by atoms with E-state index in [2.05, 4.69) is 62.8 Å². The fraction of sp³-hybridized carbons (Fsp3) is 0.618. The number of nitrogens with zero attached hydrogens (tertiary/aromatic N) is 12. The van der Waals surface area contributed by atoms with E-state index in [1.54, 1.807) is 117 Å². The third kappa shape index (κ3) is 26.7. The van der Waals surface area contributed by atoms with Gasteiger partial charge < -0.3 is 155 Å². The monoisotopic (exact) mass is 1700 g/mol. The van der Waals surface area contributed by atoms with Crippen LogP contribution in [0.1, 0.15) is 40.2 Å². The van der Waals surface area contributed by atoms with E-state index in [4.69, 9.17) is 121 Å². The van der Waals surface area contributed by atoms with E-state index in [9.17, 15) is 23.8 Å². The van der Waals surface area contributed by atoms with E-state index in [1.807, 2.05) is 33.2 Å². The Kier molecular flexibility index (Phi) is 42.9. The van der Waals surface area contributed by atoms with Crippen molar-refractivity contribution in [1.82, 2.24) is 34.1 Å². The van der Waals surface area contributed by atoms with Gasteiger partial charge in [-0.15, -0.1) is 0 Å². The predicted molar refractivity (Wildman–Crippen MR) is 446 cm³/mol. The molecular formula is C76H127F2N19O20S. The predicted octanol–water partition coefficient (Wildman–Crippen LogP) is 1.23. The zero-order valence-corrected chi connectivity index (χ0v) is 71.9. The lowest BCUT2D eigenvalue weighted by Gasteiger charge is -2.34. The molecular weight excluding hydrogens is 1570 g/mol. The van der Waals surface area contributed by atoms with E-state index in [0.29, 0.717) is 97.9 Å². The summed E-state index contributed by atoms with van der Waals surface area (Å²) < 4.78 is 122. The third-order valence-electron chi connectivity index (χ3n) is 19.4. The molecule has 4 fully saturated rings. The van der Waals surface area contributed by atoms with Gasteiger partial charge in [-0.25, -0.2) is 38.5 Å². The number of aliphatic hydroxyl groups is 2. The van der Waals surface area contributed by atoms with Crippen molar-refractivity contribution in [2.75, 3.05) is 151 Å². The average Bonchev–Trinajstić information content (AvgIpc) is 1.67. The molecule has 10 heterocycles. The molecule has 118 heavy (non-hydrogen) atoms. The number of anilines is 1. The highest BCUT2D eigenvalue weighted by atomic mass is 32.1. The van der Waals surface area contributed by atoms with Crippen molar-refractivity contribution in [3.8, 4) is 0 Å². The number of amidine groups is 5. The molecule has 9 aliphatic heterocycles. The van der Waals surface area contributed by atoms with Gasteiger partial charge >= 0.3 is 5.69 Å². The first-order valence-corrected chi connectivity index (χ1v) is 37.1. The molecule has 0 spiro atoms. The minimum absolute atomic E-state index is 0. The van der Waals surface area contributed by atoms with Crippen LogP contribution in [0.4, 0.5) is 14.6 Å². The molecule has 1 aromatic rings. The highest BCUT2D eigenvalue weighted by Crippen LogP contribution is 2.38. The number of aromatic nitrogens is 2. The van der Waals surface area contributed by atoms with Crippen LogP contribution in [-0.2, 0) is 87.1 Å². The zero-order chi connectivity index (χ0) is 87.4. The van der Waals surface area contributed by atoms with Crippen molar-refractivity contribution in [1.29, 1.82) is 0 Å². The van der Waals surface area contributed by atoms with Crippen LogP contribution in [0, 0.1) is 12.8 Å². The Labute approximate surface area is 696 Å². The lowest BCUT2D eigenvalue weighted by atomic mass is 9.99. The van der Waals surface area contributed by atoms with Crippen LogP contribution in [-0.4, -0.2) is 329 Å². The summed E-state index contributed by atoms with van der Waals surface area (Å²) in [6.45, 7) is 32.7. The van der Waals surface area contributed by atoms with E-state index in [1.165, 1.54) is 42.8 Å². The van der Waals surface area contributed by atoms with Crippen molar-refractivity contribution in [2.24, 2.45) is 65.3 Å². The molecule has 8 unspecified atom stereocenters. The normalized spacial score (nSPS) is 27.9. The van der Waals surface area contributed by atoms with Gasteiger partial charge in [-0.1, -0.05) is 32.9 Å². The van der Waals surface area contributed by atoms with Crippen LogP contribution < -0.4 is 45.8 Å². The van der Waals surface area contributed by atoms with Gasteiger partial charge in [0.15, 0.2) is 43.5 Å². The molecule has 39 nitrogen and oxygen atoms in total. The molecule has 0 amide bonds. The van der Waals surface area contributed by atoms with Gasteiger partial charge in [0.25, 0.3) is 0 Å². The number of rotatable bonds is 30. The number of hydrogen-bond acceptors (Lipinski definition) is 38. The van der Waals surface area contributed by atoms with Gasteiger partial charge in [0.2, 0.25) is 0 Å². The summed E-state index contributed by atoms with van der Waals surface area (Å²) in [4.78, 5) is 44.2. The molecule has 4 saturated heterocycles. The van der Waals surface area contributed by atoms with Crippen LogP contribution in [0.5, 0.6) is 0 Å². The average molecular weight is 1700 g/mol. The summed E-state index contributed by atoms with van der Waals surface area (Å²) in [5.74, 6) is 4.22. The summed E-state index contributed by atoms with van der Waals surface area (Å²) in [7, 11) is 18.7. The molecule has 0 bridgehead atoms. The number of hydrogen-bond donors (Lipinski definition) is 9. The summed E-state index contributed by atoms with van der Waals surface area (Å²) >= 11 is 0. The summed E-state index contributed by atoms with van der Waals surface area (Å²) in [5, 5.41) is 19.2. The maximum Gasteiger partial charge on any atom is 0.349 e. The Morgan fingerprint density at radius 1 is 0.466 bits per heavy atom. The molecule has 0 saturated carbocycles.